The Bertz CT molecular complexity index is 1060. The molecule has 1 N–H and O–H groups in total. The fraction of sp³-hybridized carbons (Fsp3) is 0.182. The molecule has 0 fully saturated rings. The van der Waals surface area contributed by atoms with Gasteiger partial charge in [-0.3, -0.25) is 9.36 Å². The van der Waals surface area contributed by atoms with Crippen LogP contribution in [-0.2, 0) is 16.0 Å². The number of nitrogens with zero attached hydrogens (tertiary/aromatic N) is 1. The average molecular weight is 431 g/mol. The van der Waals surface area contributed by atoms with E-state index in [1.165, 1.54) is 28.8 Å². The molecule has 0 aliphatic carbocycles. The number of aromatic nitrogens is 1. The summed E-state index contributed by atoms with van der Waals surface area (Å²) in [5, 5.41) is 2.89. The molecule has 3 aromatic rings. The van der Waals surface area contributed by atoms with Gasteiger partial charge < -0.3 is 14.8 Å². The summed E-state index contributed by atoms with van der Waals surface area (Å²) in [6, 6.07) is 14.1. The smallest absolute Gasteiger partial charge is 0.357 e. The number of halogens is 2. The molecule has 1 heterocycles. The van der Waals surface area contributed by atoms with Crippen molar-refractivity contribution in [3.63, 3.8) is 0 Å². The number of hydrogen-bond acceptors (Lipinski definition) is 4. The van der Waals surface area contributed by atoms with Gasteiger partial charge in [-0.25, -0.2) is 9.18 Å². The number of hydrogen-bond donors (Lipinski definition) is 1. The SMILES string of the molecule is CCOC(=O)c1c(NC(=O)Cc2cccc(F)c2)cc(Cl)n1-c1ccc(OC)cc1. The van der Waals surface area contributed by atoms with Crippen molar-refractivity contribution in [3.8, 4) is 11.4 Å². The monoisotopic (exact) mass is 430 g/mol. The third-order valence-corrected chi connectivity index (χ3v) is 4.56. The van der Waals surface area contributed by atoms with Gasteiger partial charge >= 0.3 is 5.97 Å². The molecule has 2 aromatic carbocycles. The van der Waals surface area contributed by atoms with Crippen LogP contribution in [0.5, 0.6) is 5.75 Å². The average Bonchev–Trinajstić information content (AvgIpc) is 3.03. The fourth-order valence-electron chi connectivity index (χ4n) is 2.99. The Balaban J connectivity index is 1.95. The molecule has 0 spiro atoms. The summed E-state index contributed by atoms with van der Waals surface area (Å²) in [6.45, 7) is 1.84. The van der Waals surface area contributed by atoms with Crippen LogP contribution in [0.3, 0.4) is 0 Å². The predicted molar refractivity (Wildman–Crippen MR) is 112 cm³/mol. The number of carbonyl (C=O) groups is 2. The summed E-state index contributed by atoms with van der Waals surface area (Å²) >= 11 is 6.39. The van der Waals surface area contributed by atoms with Crippen molar-refractivity contribution in [1.29, 1.82) is 0 Å². The van der Waals surface area contributed by atoms with Gasteiger partial charge in [0.1, 0.15) is 16.7 Å². The molecule has 3 rings (SSSR count). The Labute approximate surface area is 178 Å². The number of anilines is 1. The van der Waals surface area contributed by atoms with E-state index in [9.17, 15) is 14.0 Å². The highest BCUT2D eigenvalue weighted by atomic mass is 35.5. The topological polar surface area (TPSA) is 69.6 Å². The minimum absolute atomic E-state index is 0.0641. The zero-order valence-corrected chi connectivity index (χ0v) is 17.2. The van der Waals surface area contributed by atoms with E-state index in [4.69, 9.17) is 21.1 Å². The van der Waals surface area contributed by atoms with Gasteiger partial charge in [0.15, 0.2) is 5.69 Å². The zero-order chi connectivity index (χ0) is 21.7. The number of carbonyl (C=O) groups excluding carboxylic acids is 2. The van der Waals surface area contributed by atoms with Crippen LogP contribution in [0.4, 0.5) is 10.1 Å². The van der Waals surface area contributed by atoms with E-state index in [1.807, 2.05) is 0 Å². The lowest BCUT2D eigenvalue weighted by Crippen LogP contribution is -2.18. The second-order valence-electron chi connectivity index (χ2n) is 6.34. The first-order valence-electron chi connectivity index (χ1n) is 9.20. The highest BCUT2D eigenvalue weighted by Crippen LogP contribution is 2.31. The molecule has 0 unspecified atom stereocenters. The molecule has 0 aliphatic heterocycles. The van der Waals surface area contributed by atoms with Gasteiger partial charge in [0, 0.05) is 5.69 Å². The molecule has 0 saturated heterocycles. The van der Waals surface area contributed by atoms with E-state index >= 15 is 0 Å². The predicted octanol–water partition coefficient (Wildman–Crippen LogP) is 4.64. The van der Waals surface area contributed by atoms with Gasteiger partial charge in [-0.05, 0) is 55.0 Å². The maximum atomic E-state index is 13.4. The van der Waals surface area contributed by atoms with Crippen molar-refractivity contribution < 1.29 is 23.5 Å². The third-order valence-electron chi connectivity index (χ3n) is 4.28. The lowest BCUT2D eigenvalue weighted by atomic mass is 10.1. The van der Waals surface area contributed by atoms with Crippen LogP contribution < -0.4 is 10.1 Å². The Morgan fingerprint density at radius 1 is 1.13 bits per heavy atom. The molecule has 0 aliphatic rings. The second kappa shape index (κ2) is 9.45. The van der Waals surface area contributed by atoms with Crippen LogP contribution in [0.2, 0.25) is 5.15 Å². The summed E-state index contributed by atoms with van der Waals surface area (Å²) in [5.74, 6) is -0.847. The molecule has 156 valence electrons. The van der Waals surface area contributed by atoms with Crippen molar-refractivity contribution in [1.82, 2.24) is 4.57 Å². The lowest BCUT2D eigenvalue weighted by molar-refractivity contribution is -0.115. The van der Waals surface area contributed by atoms with E-state index < -0.39 is 17.7 Å². The standard InChI is InChI=1S/C22H20ClFN2O4/c1-3-30-22(28)21-18(25-20(27)12-14-5-4-6-15(24)11-14)13-19(23)26(21)16-7-9-17(29-2)10-8-16/h4-11,13H,3,12H2,1-2H3,(H,25,27). The van der Waals surface area contributed by atoms with E-state index in [0.717, 1.165) is 0 Å². The Hall–Kier alpha value is -3.32. The molecule has 30 heavy (non-hydrogen) atoms. The minimum Gasteiger partial charge on any atom is -0.497 e. The number of amides is 1. The van der Waals surface area contributed by atoms with Crippen LogP contribution in [0, 0.1) is 5.82 Å². The van der Waals surface area contributed by atoms with Crippen molar-refractivity contribution in [2.75, 3.05) is 19.0 Å². The Kier molecular flexibility index (Phi) is 6.74. The zero-order valence-electron chi connectivity index (χ0n) is 16.4. The molecule has 1 aromatic heterocycles. The van der Waals surface area contributed by atoms with Crippen LogP contribution in [0.25, 0.3) is 5.69 Å². The number of methoxy groups -OCH3 is 1. The maximum absolute atomic E-state index is 13.4. The van der Waals surface area contributed by atoms with Crippen molar-refractivity contribution in [2.45, 2.75) is 13.3 Å². The number of esters is 1. The van der Waals surface area contributed by atoms with Crippen molar-refractivity contribution >= 4 is 29.2 Å². The van der Waals surface area contributed by atoms with Crippen LogP contribution in [0.15, 0.2) is 54.6 Å². The summed E-state index contributed by atoms with van der Waals surface area (Å²) in [7, 11) is 1.55. The normalized spacial score (nSPS) is 10.5. The lowest BCUT2D eigenvalue weighted by Gasteiger charge is -2.12. The number of benzene rings is 2. The number of rotatable bonds is 7. The van der Waals surface area contributed by atoms with Crippen molar-refractivity contribution in [3.05, 3.63) is 76.8 Å². The molecule has 1 amide bonds. The molecular formula is C22H20ClFN2O4. The first kappa shape index (κ1) is 21.4. The van der Waals surface area contributed by atoms with Crippen LogP contribution in [-0.4, -0.2) is 30.2 Å². The molecule has 0 bridgehead atoms. The molecule has 0 radical (unpaired) electrons. The van der Waals surface area contributed by atoms with Gasteiger partial charge in [-0.1, -0.05) is 23.7 Å². The van der Waals surface area contributed by atoms with E-state index in [2.05, 4.69) is 5.32 Å². The molecule has 0 atom stereocenters. The van der Waals surface area contributed by atoms with Crippen LogP contribution in [0.1, 0.15) is 23.0 Å². The van der Waals surface area contributed by atoms with Crippen LogP contribution >= 0.6 is 11.6 Å². The van der Waals surface area contributed by atoms with E-state index in [-0.39, 0.29) is 29.6 Å². The second-order valence-corrected chi connectivity index (χ2v) is 6.73. The first-order valence-corrected chi connectivity index (χ1v) is 9.57. The van der Waals surface area contributed by atoms with E-state index in [1.54, 1.807) is 44.4 Å². The van der Waals surface area contributed by atoms with Gasteiger partial charge in [0.25, 0.3) is 0 Å². The highest BCUT2D eigenvalue weighted by molar-refractivity contribution is 6.31. The maximum Gasteiger partial charge on any atom is 0.357 e. The van der Waals surface area contributed by atoms with E-state index in [0.29, 0.717) is 17.0 Å². The summed E-state index contributed by atoms with van der Waals surface area (Å²) < 4.78 is 25.2. The molecule has 8 heteroatoms. The molecular weight excluding hydrogens is 411 g/mol. The summed E-state index contributed by atoms with van der Waals surface area (Å²) in [6.07, 6.45) is -0.0641. The largest absolute Gasteiger partial charge is 0.497 e. The summed E-state index contributed by atoms with van der Waals surface area (Å²) in [4.78, 5) is 25.2. The van der Waals surface area contributed by atoms with Gasteiger partial charge in [-0.15, -0.1) is 0 Å². The highest BCUT2D eigenvalue weighted by Gasteiger charge is 2.24. The Morgan fingerprint density at radius 2 is 1.87 bits per heavy atom. The van der Waals surface area contributed by atoms with Gasteiger partial charge in [-0.2, -0.15) is 0 Å². The first-order chi connectivity index (χ1) is 14.4. The number of nitrogens with one attached hydrogen (secondary N) is 1. The number of ether oxygens (including phenoxy) is 2. The van der Waals surface area contributed by atoms with Crippen molar-refractivity contribution in [2.24, 2.45) is 0 Å². The Morgan fingerprint density at radius 3 is 2.50 bits per heavy atom. The summed E-state index contributed by atoms with van der Waals surface area (Å²) in [5.41, 5.74) is 1.38. The molecule has 6 nitrogen and oxygen atoms in total. The quantitative estimate of drug-likeness (QED) is 0.554. The van der Waals surface area contributed by atoms with Gasteiger partial charge in [0.05, 0.1) is 25.8 Å². The minimum atomic E-state index is -0.638. The fourth-order valence-corrected chi connectivity index (χ4v) is 3.28. The third kappa shape index (κ3) is 4.80. The molecule has 0 saturated carbocycles. The van der Waals surface area contributed by atoms with Gasteiger partial charge in [0.2, 0.25) is 5.91 Å².